The molecule has 2 nitrogen and oxygen atoms in total. The average Bonchev–Trinajstić information content (AvgIpc) is 3.19. The first-order valence-electron chi connectivity index (χ1n) is 10.1. The van der Waals surface area contributed by atoms with Crippen molar-refractivity contribution < 1.29 is 8.78 Å². The number of hydrogen-bond acceptors (Lipinski definition) is 2. The zero-order valence-electron chi connectivity index (χ0n) is 18.5. The predicted octanol–water partition coefficient (Wildman–Crippen LogP) is 7.38. The summed E-state index contributed by atoms with van der Waals surface area (Å²) in [5, 5.41) is 3.18. The minimum atomic E-state index is -2.81. The number of benzene rings is 2. The second kappa shape index (κ2) is 11.3. The maximum absolute atomic E-state index is 13.6. The molecule has 30 heavy (non-hydrogen) atoms. The molecule has 162 valence electrons. The highest BCUT2D eigenvalue weighted by Crippen LogP contribution is 2.35. The lowest BCUT2D eigenvalue weighted by Crippen LogP contribution is -2.15. The average molecular weight is 413 g/mol. The van der Waals surface area contributed by atoms with Gasteiger partial charge < -0.3 is 10.2 Å². The molecule has 1 N–H and O–H groups in total. The molecule has 0 saturated carbocycles. The molecule has 2 aromatic rings. The van der Waals surface area contributed by atoms with Crippen LogP contribution in [0.5, 0.6) is 0 Å². The van der Waals surface area contributed by atoms with E-state index in [0.29, 0.717) is 13.1 Å². The van der Waals surface area contributed by atoms with E-state index in [1.54, 1.807) is 6.07 Å². The summed E-state index contributed by atoms with van der Waals surface area (Å²) in [5.41, 5.74) is 6.54. The molecule has 3 rings (SSSR count). The molecular formula is C26H34F2N2. The second-order valence-electron chi connectivity index (χ2n) is 7.05. The van der Waals surface area contributed by atoms with Crippen LogP contribution >= 0.6 is 0 Å². The van der Waals surface area contributed by atoms with Crippen molar-refractivity contribution in [3.05, 3.63) is 97.1 Å². The van der Waals surface area contributed by atoms with Gasteiger partial charge in [0.15, 0.2) is 0 Å². The molecule has 0 fully saturated rings. The van der Waals surface area contributed by atoms with E-state index in [-0.39, 0.29) is 5.56 Å². The van der Waals surface area contributed by atoms with Crippen LogP contribution in [-0.4, -0.2) is 11.9 Å². The van der Waals surface area contributed by atoms with Crippen molar-refractivity contribution in [2.45, 2.75) is 45.7 Å². The van der Waals surface area contributed by atoms with Crippen molar-refractivity contribution in [1.82, 2.24) is 4.90 Å². The number of fused-ring (bicyclic) bond motifs is 1. The molecule has 0 unspecified atom stereocenters. The van der Waals surface area contributed by atoms with Gasteiger partial charge in [-0.05, 0) is 41.3 Å². The number of aryl methyl sites for hydroxylation is 1. The molecular weight excluding hydrogens is 378 g/mol. The fraction of sp³-hybridized carbons (Fsp3) is 0.308. The smallest absolute Gasteiger partial charge is 0.270 e. The van der Waals surface area contributed by atoms with Gasteiger partial charge in [-0.2, -0.15) is 0 Å². The number of halogens is 2. The van der Waals surface area contributed by atoms with Crippen LogP contribution in [-0.2, 0) is 25.4 Å². The van der Waals surface area contributed by atoms with Crippen molar-refractivity contribution in [2.75, 3.05) is 12.4 Å². The van der Waals surface area contributed by atoms with E-state index in [2.05, 4.69) is 68.2 Å². The molecule has 0 spiro atoms. The van der Waals surface area contributed by atoms with Gasteiger partial charge >= 0.3 is 0 Å². The molecule has 1 aliphatic heterocycles. The first-order chi connectivity index (χ1) is 14.3. The first-order valence-corrected chi connectivity index (χ1v) is 10.1. The Kier molecular flexibility index (Phi) is 9.51. The highest BCUT2D eigenvalue weighted by atomic mass is 19.3. The number of alkyl halides is 2. The van der Waals surface area contributed by atoms with Gasteiger partial charge in [0, 0.05) is 49.6 Å². The van der Waals surface area contributed by atoms with Gasteiger partial charge in [0.05, 0.1) is 0 Å². The monoisotopic (exact) mass is 412 g/mol. The maximum Gasteiger partial charge on any atom is 0.270 e. The summed E-state index contributed by atoms with van der Waals surface area (Å²) in [4.78, 5) is 2.18. The van der Waals surface area contributed by atoms with E-state index in [1.807, 2.05) is 13.1 Å². The van der Waals surface area contributed by atoms with Crippen molar-refractivity contribution in [3.8, 4) is 0 Å². The lowest BCUT2D eigenvalue weighted by molar-refractivity contribution is 0.0174. The van der Waals surface area contributed by atoms with E-state index >= 15 is 0 Å². The first kappa shape index (κ1) is 25.2. The predicted molar refractivity (Wildman–Crippen MR) is 127 cm³/mol. The summed E-state index contributed by atoms with van der Waals surface area (Å²) in [5.74, 6) is -2.81. The quantitative estimate of drug-likeness (QED) is 0.498. The Morgan fingerprint density at radius 1 is 1.03 bits per heavy atom. The highest BCUT2D eigenvalue weighted by molar-refractivity contribution is 5.69. The van der Waals surface area contributed by atoms with Crippen LogP contribution < -0.4 is 5.32 Å². The number of nitrogens with zero attached hydrogens (tertiary/aromatic N) is 1. The largest absolute Gasteiger partial charge is 0.388 e. The number of anilines is 1. The molecule has 1 heterocycles. The van der Waals surface area contributed by atoms with Gasteiger partial charge in [-0.15, -0.1) is 26.3 Å². The summed E-state index contributed by atoms with van der Waals surface area (Å²) in [6, 6.07) is 11.4. The Labute approximate surface area is 180 Å². The summed E-state index contributed by atoms with van der Waals surface area (Å²) >= 11 is 0. The molecule has 1 aliphatic rings. The Morgan fingerprint density at radius 2 is 1.67 bits per heavy atom. The SMILES string of the molecule is C=C.C=C.C=C(c1cc(NC)ccc1CCC)N1Cc2ccc(C(C)(F)F)cc2C1. The van der Waals surface area contributed by atoms with Crippen molar-refractivity contribution >= 4 is 11.4 Å². The fourth-order valence-corrected chi connectivity index (χ4v) is 3.52. The third-order valence-electron chi connectivity index (χ3n) is 5.05. The molecule has 2 aromatic carbocycles. The van der Waals surface area contributed by atoms with Gasteiger partial charge in [0.2, 0.25) is 0 Å². The molecule has 0 amide bonds. The molecule has 0 saturated heterocycles. The van der Waals surface area contributed by atoms with E-state index < -0.39 is 5.92 Å². The summed E-state index contributed by atoms with van der Waals surface area (Å²) < 4.78 is 27.3. The molecule has 0 radical (unpaired) electrons. The molecule has 0 aliphatic carbocycles. The topological polar surface area (TPSA) is 15.3 Å². The van der Waals surface area contributed by atoms with Crippen molar-refractivity contribution in [1.29, 1.82) is 0 Å². The number of rotatable bonds is 6. The van der Waals surface area contributed by atoms with E-state index in [4.69, 9.17) is 0 Å². The second-order valence-corrected chi connectivity index (χ2v) is 7.05. The minimum Gasteiger partial charge on any atom is -0.388 e. The zero-order chi connectivity index (χ0) is 22.9. The van der Waals surface area contributed by atoms with Crippen LogP contribution in [0.15, 0.2) is 69.3 Å². The molecule has 4 heteroatoms. The number of hydrogen-bond donors (Lipinski definition) is 1. The van der Waals surface area contributed by atoms with E-state index in [1.165, 1.54) is 11.6 Å². The van der Waals surface area contributed by atoms with Crippen LogP contribution in [0.4, 0.5) is 14.5 Å². The summed E-state index contributed by atoms with van der Waals surface area (Å²) in [6.07, 6.45) is 2.06. The summed E-state index contributed by atoms with van der Waals surface area (Å²) in [7, 11) is 1.90. The van der Waals surface area contributed by atoms with Crippen LogP contribution in [0, 0.1) is 0 Å². The normalized spacial score (nSPS) is 12.1. The molecule has 0 aromatic heterocycles. The zero-order valence-corrected chi connectivity index (χ0v) is 18.5. The Morgan fingerprint density at radius 3 is 2.23 bits per heavy atom. The van der Waals surface area contributed by atoms with Crippen LogP contribution in [0.2, 0.25) is 0 Å². The highest BCUT2D eigenvalue weighted by Gasteiger charge is 2.28. The Balaban J connectivity index is 0.00000106. The van der Waals surface area contributed by atoms with Gasteiger partial charge in [-0.3, -0.25) is 0 Å². The summed E-state index contributed by atoms with van der Waals surface area (Å²) in [6.45, 7) is 20.8. The molecule has 0 bridgehead atoms. The van der Waals surface area contributed by atoms with Gasteiger partial charge in [0.1, 0.15) is 0 Å². The Bertz CT molecular complexity index is 851. The lowest BCUT2D eigenvalue weighted by Gasteiger charge is -2.23. The van der Waals surface area contributed by atoms with Crippen molar-refractivity contribution in [3.63, 3.8) is 0 Å². The maximum atomic E-state index is 13.6. The Hall–Kier alpha value is -2.88. The van der Waals surface area contributed by atoms with Crippen LogP contribution in [0.25, 0.3) is 5.70 Å². The van der Waals surface area contributed by atoms with Crippen molar-refractivity contribution in [2.24, 2.45) is 0 Å². The fourth-order valence-electron chi connectivity index (χ4n) is 3.52. The molecule has 0 atom stereocenters. The van der Waals surface area contributed by atoms with Crippen LogP contribution in [0.1, 0.15) is 48.1 Å². The standard InChI is InChI=1S/C22H26F2N2.2C2H4/c1-5-6-16-8-10-20(25-4)12-21(16)15(2)26-13-17-7-9-19(22(3,23)24)11-18(17)14-26;2*1-2/h7-12,25H,2,5-6,13-14H2,1,3-4H3;2*1-2H2. The van der Waals surface area contributed by atoms with E-state index in [9.17, 15) is 8.78 Å². The van der Waals surface area contributed by atoms with Gasteiger partial charge in [0.25, 0.3) is 5.92 Å². The third-order valence-corrected chi connectivity index (χ3v) is 5.05. The third kappa shape index (κ3) is 5.82. The van der Waals surface area contributed by atoms with Gasteiger partial charge in [-0.1, -0.05) is 38.1 Å². The minimum absolute atomic E-state index is 0.0764. The van der Waals surface area contributed by atoms with E-state index in [0.717, 1.165) is 47.8 Å². The van der Waals surface area contributed by atoms with Crippen LogP contribution in [0.3, 0.4) is 0 Å². The van der Waals surface area contributed by atoms with Gasteiger partial charge in [-0.25, -0.2) is 8.78 Å². The lowest BCUT2D eigenvalue weighted by atomic mass is 9.99. The number of nitrogens with one attached hydrogen (secondary N) is 1.